The Hall–Kier alpha value is -1.64. The fourth-order valence-electron chi connectivity index (χ4n) is 2.56. The maximum absolute atomic E-state index is 10.8. The molecule has 3 aromatic rings. The lowest BCUT2D eigenvalue weighted by atomic mass is 9.88. The van der Waals surface area contributed by atoms with Gasteiger partial charge in [-0.15, -0.1) is 11.3 Å². The predicted molar refractivity (Wildman–Crippen MR) is 86.3 cm³/mol. The van der Waals surface area contributed by atoms with Gasteiger partial charge in [0.2, 0.25) is 0 Å². The van der Waals surface area contributed by atoms with Gasteiger partial charge in [0.1, 0.15) is 0 Å². The number of hydrogen-bond donors (Lipinski definition) is 1. The van der Waals surface area contributed by atoms with E-state index in [1.54, 1.807) is 11.3 Å². The number of hydrogen-bond acceptors (Lipinski definition) is 2. The topological polar surface area (TPSA) is 20.2 Å². The first-order valence-corrected chi connectivity index (χ1v) is 7.69. The summed E-state index contributed by atoms with van der Waals surface area (Å²) in [6.07, 6.45) is 0.639. The standard InChI is InChI=1S/C18H18OS/c1-13-7-9-15(10-8-13)18(2,19)11-14-12-20-17-6-4-3-5-16(14)17/h3-10,12,19H,11H2,1-2H3. The average molecular weight is 282 g/mol. The van der Waals surface area contributed by atoms with E-state index in [4.69, 9.17) is 0 Å². The Bertz CT molecular complexity index is 723. The van der Waals surface area contributed by atoms with Crippen molar-refractivity contribution in [3.8, 4) is 0 Å². The van der Waals surface area contributed by atoms with Gasteiger partial charge in [0.15, 0.2) is 0 Å². The summed E-state index contributed by atoms with van der Waals surface area (Å²) in [4.78, 5) is 0. The summed E-state index contributed by atoms with van der Waals surface area (Å²) >= 11 is 1.74. The third-order valence-corrected chi connectivity index (χ3v) is 4.78. The summed E-state index contributed by atoms with van der Waals surface area (Å²) in [5.41, 5.74) is 2.57. The molecule has 0 saturated carbocycles. The van der Waals surface area contributed by atoms with E-state index < -0.39 is 5.60 Å². The summed E-state index contributed by atoms with van der Waals surface area (Å²) in [6, 6.07) is 16.5. The maximum atomic E-state index is 10.8. The van der Waals surface area contributed by atoms with Gasteiger partial charge in [0.25, 0.3) is 0 Å². The van der Waals surface area contributed by atoms with Gasteiger partial charge in [0.05, 0.1) is 5.60 Å². The molecule has 3 rings (SSSR count). The average Bonchev–Trinajstić information content (AvgIpc) is 2.82. The molecule has 2 aromatic carbocycles. The van der Waals surface area contributed by atoms with Crippen LogP contribution in [0.15, 0.2) is 53.9 Å². The van der Waals surface area contributed by atoms with Gasteiger partial charge < -0.3 is 5.11 Å². The van der Waals surface area contributed by atoms with E-state index in [9.17, 15) is 5.11 Å². The van der Waals surface area contributed by atoms with Crippen molar-refractivity contribution < 1.29 is 5.11 Å². The lowest BCUT2D eigenvalue weighted by molar-refractivity contribution is 0.0580. The molecule has 1 heterocycles. The Morgan fingerprint density at radius 1 is 1.05 bits per heavy atom. The monoisotopic (exact) mass is 282 g/mol. The van der Waals surface area contributed by atoms with Gasteiger partial charge in [-0.2, -0.15) is 0 Å². The normalized spacial score (nSPS) is 14.3. The molecule has 0 saturated heterocycles. The Kier molecular flexibility index (Phi) is 3.36. The van der Waals surface area contributed by atoms with E-state index in [2.05, 4.69) is 48.7 Å². The van der Waals surface area contributed by atoms with E-state index in [1.807, 2.05) is 19.1 Å². The molecule has 0 bridgehead atoms. The van der Waals surface area contributed by atoms with Crippen LogP contribution in [0.1, 0.15) is 23.6 Å². The molecule has 2 heteroatoms. The minimum atomic E-state index is -0.836. The molecule has 0 fully saturated rings. The third kappa shape index (κ3) is 2.49. The van der Waals surface area contributed by atoms with Crippen molar-refractivity contribution in [1.29, 1.82) is 0 Å². The first kappa shape index (κ1) is 13.3. The number of aliphatic hydroxyl groups is 1. The van der Waals surface area contributed by atoms with Crippen molar-refractivity contribution in [2.75, 3.05) is 0 Å². The van der Waals surface area contributed by atoms with Gasteiger partial charge in [-0.25, -0.2) is 0 Å². The Morgan fingerprint density at radius 3 is 2.50 bits per heavy atom. The van der Waals surface area contributed by atoms with Crippen LogP contribution in [0, 0.1) is 6.92 Å². The molecule has 1 unspecified atom stereocenters. The maximum Gasteiger partial charge on any atom is 0.0909 e. The number of thiophene rings is 1. The smallest absolute Gasteiger partial charge is 0.0909 e. The quantitative estimate of drug-likeness (QED) is 0.740. The molecule has 1 aromatic heterocycles. The highest BCUT2D eigenvalue weighted by molar-refractivity contribution is 7.17. The SMILES string of the molecule is Cc1ccc(C(C)(O)Cc2csc3ccccc23)cc1. The van der Waals surface area contributed by atoms with Gasteiger partial charge in [0, 0.05) is 11.1 Å². The Balaban J connectivity index is 1.94. The largest absolute Gasteiger partial charge is 0.385 e. The van der Waals surface area contributed by atoms with Crippen LogP contribution in [0.3, 0.4) is 0 Å². The van der Waals surface area contributed by atoms with Crippen molar-refractivity contribution in [3.63, 3.8) is 0 Å². The molecule has 20 heavy (non-hydrogen) atoms. The number of rotatable bonds is 3. The fourth-order valence-corrected chi connectivity index (χ4v) is 3.52. The van der Waals surface area contributed by atoms with Gasteiger partial charge in [-0.1, -0.05) is 48.0 Å². The zero-order valence-electron chi connectivity index (χ0n) is 11.8. The highest BCUT2D eigenvalue weighted by atomic mass is 32.1. The zero-order valence-corrected chi connectivity index (χ0v) is 12.6. The minimum Gasteiger partial charge on any atom is -0.385 e. The van der Waals surface area contributed by atoms with Crippen LogP contribution in [0.5, 0.6) is 0 Å². The van der Waals surface area contributed by atoms with Crippen LogP contribution in [0.2, 0.25) is 0 Å². The molecule has 0 aliphatic carbocycles. The molecule has 0 amide bonds. The molecule has 1 atom stereocenters. The van der Waals surface area contributed by atoms with Gasteiger partial charge in [-0.05, 0) is 41.8 Å². The second-order valence-electron chi connectivity index (χ2n) is 5.57. The molecule has 1 nitrogen and oxygen atoms in total. The Morgan fingerprint density at radius 2 is 1.75 bits per heavy atom. The van der Waals surface area contributed by atoms with E-state index in [-0.39, 0.29) is 0 Å². The zero-order chi connectivity index (χ0) is 14.2. The van der Waals surface area contributed by atoms with Crippen LogP contribution in [-0.4, -0.2) is 5.11 Å². The third-order valence-electron chi connectivity index (χ3n) is 3.77. The fraction of sp³-hybridized carbons (Fsp3) is 0.222. The first-order chi connectivity index (χ1) is 9.56. The summed E-state index contributed by atoms with van der Waals surface area (Å²) < 4.78 is 1.28. The van der Waals surface area contributed by atoms with Gasteiger partial charge in [-0.3, -0.25) is 0 Å². The number of aryl methyl sites for hydroxylation is 1. The molecule has 1 N–H and O–H groups in total. The van der Waals surface area contributed by atoms with Crippen molar-refractivity contribution in [2.45, 2.75) is 25.9 Å². The second-order valence-corrected chi connectivity index (χ2v) is 6.48. The molecule has 0 radical (unpaired) electrons. The molecular formula is C18H18OS. The van der Waals surface area contributed by atoms with E-state index in [0.29, 0.717) is 6.42 Å². The van der Waals surface area contributed by atoms with Crippen molar-refractivity contribution in [2.24, 2.45) is 0 Å². The van der Waals surface area contributed by atoms with Crippen LogP contribution in [0.25, 0.3) is 10.1 Å². The lowest BCUT2D eigenvalue weighted by Gasteiger charge is -2.24. The second kappa shape index (κ2) is 5.04. The molecule has 102 valence electrons. The van der Waals surface area contributed by atoms with E-state index >= 15 is 0 Å². The minimum absolute atomic E-state index is 0.639. The number of fused-ring (bicyclic) bond motifs is 1. The molecule has 0 aliphatic heterocycles. The predicted octanol–water partition coefficient (Wildman–Crippen LogP) is 4.66. The van der Waals surface area contributed by atoms with Crippen molar-refractivity contribution in [3.05, 3.63) is 70.6 Å². The van der Waals surface area contributed by atoms with Gasteiger partial charge >= 0.3 is 0 Å². The summed E-state index contributed by atoms with van der Waals surface area (Å²) in [7, 11) is 0. The Labute approximate surface area is 123 Å². The van der Waals surface area contributed by atoms with Crippen molar-refractivity contribution >= 4 is 21.4 Å². The molecule has 0 spiro atoms. The highest BCUT2D eigenvalue weighted by Gasteiger charge is 2.24. The molecular weight excluding hydrogens is 264 g/mol. The lowest BCUT2D eigenvalue weighted by Crippen LogP contribution is -2.24. The van der Waals surface area contributed by atoms with Crippen LogP contribution < -0.4 is 0 Å². The summed E-state index contributed by atoms with van der Waals surface area (Å²) in [5, 5.41) is 14.2. The first-order valence-electron chi connectivity index (χ1n) is 6.81. The van der Waals surface area contributed by atoms with Crippen molar-refractivity contribution in [1.82, 2.24) is 0 Å². The van der Waals surface area contributed by atoms with Crippen LogP contribution >= 0.6 is 11.3 Å². The van der Waals surface area contributed by atoms with E-state index in [0.717, 1.165) is 5.56 Å². The molecule has 0 aliphatic rings. The number of benzene rings is 2. The summed E-state index contributed by atoms with van der Waals surface area (Å²) in [6.45, 7) is 3.95. The highest BCUT2D eigenvalue weighted by Crippen LogP contribution is 2.32. The van der Waals surface area contributed by atoms with Crippen LogP contribution in [-0.2, 0) is 12.0 Å². The van der Waals surface area contributed by atoms with E-state index in [1.165, 1.54) is 21.2 Å². The van der Waals surface area contributed by atoms with Crippen LogP contribution in [0.4, 0.5) is 0 Å². The summed E-state index contributed by atoms with van der Waals surface area (Å²) in [5.74, 6) is 0.